The number of carbonyl (C=O) groups is 2. The highest BCUT2D eigenvalue weighted by Crippen LogP contribution is 2.17. The van der Waals surface area contributed by atoms with Crippen LogP contribution in [0.5, 0.6) is 0 Å². The normalized spacial score (nSPS) is 20.3. The van der Waals surface area contributed by atoms with Gasteiger partial charge in [-0.15, -0.1) is 0 Å². The minimum absolute atomic E-state index is 0.114. The third-order valence-corrected chi connectivity index (χ3v) is 4.78. The molecule has 0 radical (unpaired) electrons. The summed E-state index contributed by atoms with van der Waals surface area (Å²) in [6.07, 6.45) is 8.36. The Kier molecular flexibility index (Phi) is 7.65. The Hall–Kier alpha value is -1.30. The van der Waals surface area contributed by atoms with Crippen molar-refractivity contribution in [3.05, 3.63) is 0 Å². The van der Waals surface area contributed by atoms with Gasteiger partial charge in [-0.1, -0.05) is 19.3 Å². The van der Waals surface area contributed by atoms with Crippen LogP contribution in [-0.2, 0) is 9.53 Å². The van der Waals surface area contributed by atoms with Crippen molar-refractivity contribution in [3.63, 3.8) is 0 Å². The van der Waals surface area contributed by atoms with Crippen LogP contribution in [0, 0.1) is 0 Å². The highest BCUT2D eigenvalue weighted by molar-refractivity contribution is 5.76. The number of ether oxygens (including phenoxy) is 1. The zero-order valence-corrected chi connectivity index (χ0v) is 14.3. The summed E-state index contributed by atoms with van der Waals surface area (Å²) in [5, 5.41) is 6.59. The molecule has 6 nitrogen and oxygen atoms in total. The molecule has 2 rings (SSSR count). The van der Waals surface area contributed by atoms with Crippen LogP contribution < -0.4 is 10.6 Å². The third-order valence-electron chi connectivity index (χ3n) is 4.78. The molecule has 0 aromatic rings. The molecule has 0 aromatic carbocycles. The van der Waals surface area contributed by atoms with Crippen LogP contribution >= 0.6 is 0 Å². The molecule has 1 aliphatic carbocycles. The Morgan fingerprint density at radius 2 is 1.74 bits per heavy atom. The number of carbonyl (C=O) groups excluding carboxylic acids is 2. The van der Waals surface area contributed by atoms with E-state index in [-0.39, 0.29) is 18.0 Å². The van der Waals surface area contributed by atoms with Crippen LogP contribution in [-0.4, -0.2) is 55.2 Å². The number of nitrogens with one attached hydrogen (secondary N) is 2. The molecule has 0 atom stereocenters. The number of amides is 2. The lowest BCUT2D eigenvalue weighted by atomic mass is 9.95. The standard InChI is InChI=1S/C17H31N3O3/c1-2-23-17(22)20-12-9-15(10-13-20)19-16(21)8-11-18-14-6-4-3-5-7-14/h14-15,18H,2-13H2,1H3,(H,19,21). The van der Waals surface area contributed by atoms with Crippen molar-refractivity contribution in [3.8, 4) is 0 Å². The van der Waals surface area contributed by atoms with Crippen LogP contribution in [0.15, 0.2) is 0 Å². The molecule has 0 spiro atoms. The fraction of sp³-hybridized carbons (Fsp3) is 0.882. The second-order valence-corrected chi connectivity index (χ2v) is 6.57. The van der Waals surface area contributed by atoms with E-state index < -0.39 is 0 Å². The molecule has 1 aliphatic heterocycles. The minimum atomic E-state index is -0.242. The Morgan fingerprint density at radius 3 is 2.39 bits per heavy atom. The summed E-state index contributed by atoms with van der Waals surface area (Å²) >= 11 is 0. The van der Waals surface area contributed by atoms with Crippen molar-refractivity contribution in [1.29, 1.82) is 0 Å². The van der Waals surface area contributed by atoms with Crippen molar-refractivity contribution in [2.24, 2.45) is 0 Å². The highest BCUT2D eigenvalue weighted by Gasteiger charge is 2.24. The zero-order valence-electron chi connectivity index (χ0n) is 14.3. The zero-order chi connectivity index (χ0) is 16.5. The molecule has 1 saturated carbocycles. The van der Waals surface area contributed by atoms with Gasteiger partial charge in [-0.25, -0.2) is 4.79 Å². The number of piperidine rings is 1. The lowest BCUT2D eigenvalue weighted by Gasteiger charge is -2.31. The van der Waals surface area contributed by atoms with Gasteiger partial charge < -0.3 is 20.3 Å². The first-order valence-electron chi connectivity index (χ1n) is 9.13. The second-order valence-electron chi connectivity index (χ2n) is 6.57. The minimum Gasteiger partial charge on any atom is -0.450 e. The summed E-state index contributed by atoms with van der Waals surface area (Å²) in [5.74, 6) is 0.114. The van der Waals surface area contributed by atoms with E-state index in [1.165, 1.54) is 32.1 Å². The highest BCUT2D eigenvalue weighted by atomic mass is 16.6. The first kappa shape index (κ1) is 18.0. The van der Waals surface area contributed by atoms with E-state index in [4.69, 9.17) is 4.74 Å². The summed E-state index contributed by atoms with van der Waals surface area (Å²) in [4.78, 5) is 25.4. The molecule has 0 aromatic heterocycles. The van der Waals surface area contributed by atoms with Gasteiger partial charge in [-0.3, -0.25) is 4.79 Å². The monoisotopic (exact) mass is 325 g/mol. The fourth-order valence-electron chi connectivity index (χ4n) is 3.42. The van der Waals surface area contributed by atoms with E-state index in [1.54, 1.807) is 4.90 Å². The van der Waals surface area contributed by atoms with Gasteiger partial charge in [0.05, 0.1) is 6.61 Å². The van der Waals surface area contributed by atoms with Gasteiger partial charge in [-0.05, 0) is 32.6 Å². The summed E-state index contributed by atoms with van der Waals surface area (Å²) in [5.41, 5.74) is 0. The molecule has 23 heavy (non-hydrogen) atoms. The predicted molar refractivity (Wildman–Crippen MR) is 89.3 cm³/mol. The Labute approximate surface area is 139 Å². The topological polar surface area (TPSA) is 70.7 Å². The van der Waals surface area contributed by atoms with Crippen LogP contribution in [0.25, 0.3) is 0 Å². The Bertz CT molecular complexity index is 375. The largest absolute Gasteiger partial charge is 0.450 e. The third kappa shape index (κ3) is 6.37. The van der Waals surface area contributed by atoms with Gasteiger partial charge in [0.15, 0.2) is 0 Å². The van der Waals surface area contributed by atoms with E-state index in [1.807, 2.05) is 6.92 Å². The molecule has 132 valence electrons. The summed E-state index contributed by atoms with van der Waals surface area (Å²) in [6, 6.07) is 0.784. The van der Waals surface area contributed by atoms with E-state index >= 15 is 0 Å². The molecule has 2 N–H and O–H groups in total. The molecule has 1 saturated heterocycles. The van der Waals surface area contributed by atoms with E-state index in [0.29, 0.717) is 32.2 Å². The van der Waals surface area contributed by atoms with Crippen LogP contribution in [0.2, 0.25) is 0 Å². The first-order chi connectivity index (χ1) is 11.2. The number of hydrogen-bond donors (Lipinski definition) is 2. The molecule has 0 unspecified atom stereocenters. The van der Waals surface area contributed by atoms with E-state index in [2.05, 4.69) is 10.6 Å². The van der Waals surface area contributed by atoms with Crippen molar-refractivity contribution in [1.82, 2.24) is 15.5 Å². The maximum absolute atomic E-state index is 12.0. The molecular weight excluding hydrogens is 294 g/mol. The number of rotatable bonds is 6. The quantitative estimate of drug-likeness (QED) is 0.784. The summed E-state index contributed by atoms with van der Waals surface area (Å²) < 4.78 is 5.00. The van der Waals surface area contributed by atoms with Crippen LogP contribution in [0.1, 0.15) is 58.3 Å². The van der Waals surface area contributed by atoms with Gasteiger partial charge in [0.25, 0.3) is 0 Å². The Balaban J connectivity index is 1.56. The lowest BCUT2D eigenvalue weighted by molar-refractivity contribution is -0.122. The van der Waals surface area contributed by atoms with Crippen molar-refractivity contribution in [2.45, 2.75) is 70.4 Å². The average Bonchev–Trinajstić information content (AvgIpc) is 2.57. The Morgan fingerprint density at radius 1 is 1.04 bits per heavy atom. The van der Waals surface area contributed by atoms with Gasteiger partial charge in [0.1, 0.15) is 0 Å². The lowest BCUT2D eigenvalue weighted by Crippen LogP contribution is -2.47. The van der Waals surface area contributed by atoms with Gasteiger partial charge in [-0.2, -0.15) is 0 Å². The van der Waals surface area contributed by atoms with Crippen LogP contribution in [0.4, 0.5) is 4.79 Å². The van der Waals surface area contributed by atoms with E-state index in [0.717, 1.165) is 19.4 Å². The molecular formula is C17H31N3O3. The summed E-state index contributed by atoms with van der Waals surface area (Å²) in [6.45, 7) is 4.29. The predicted octanol–water partition coefficient (Wildman–Crippen LogP) is 2.04. The average molecular weight is 325 g/mol. The molecule has 2 fully saturated rings. The molecule has 2 amide bonds. The number of hydrogen-bond acceptors (Lipinski definition) is 4. The van der Waals surface area contributed by atoms with Crippen molar-refractivity contribution in [2.75, 3.05) is 26.2 Å². The summed E-state index contributed by atoms with van der Waals surface area (Å²) in [7, 11) is 0. The maximum atomic E-state index is 12.0. The van der Waals surface area contributed by atoms with Crippen LogP contribution in [0.3, 0.4) is 0 Å². The smallest absolute Gasteiger partial charge is 0.409 e. The number of nitrogens with zero attached hydrogens (tertiary/aromatic N) is 1. The second kappa shape index (κ2) is 9.75. The van der Waals surface area contributed by atoms with Gasteiger partial charge in [0, 0.05) is 38.1 Å². The molecule has 1 heterocycles. The molecule has 6 heteroatoms. The molecule has 0 bridgehead atoms. The maximum Gasteiger partial charge on any atom is 0.409 e. The van der Waals surface area contributed by atoms with Gasteiger partial charge in [0.2, 0.25) is 5.91 Å². The number of likely N-dealkylation sites (tertiary alicyclic amines) is 1. The first-order valence-corrected chi connectivity index (χ1v) is 9.13. The molecule has 2 aliphatic rings. The SMILES string of the molecule is CCOC(=O)N1CCC(NC(=O)CCNC2CCCCC2)CC1. The fourth-order valence-corrected chi connectivity index (χ4v) is 3.42. The van der Waals surface area contributed by atoms with E-state index in [9.17, 15) is 9.59 Å². The van der Waals surface area contributed by atoms with Gasteiger partial charge >= 0.3 is 6.09 Å². The van der Waals surface area contributed by atoms with Crippen molar-refractivity contribution >= 4 is 12.0 Å². The van der Waals surface area contributed by atoms with Crippen molar-refractivity contribution < 1.29 is 14.3 Å².